The van der Waals surface area contributed by atoms with E-state index in [0.717, 1.165) is 44.5 Å². The summed E-state index contributed by atoms with van der Waals surface area (Å²) in [5.41, 5.74) is 2.22. The van der Waals surface area contributed by atoms with Crippen LogP contribution in [0.25, 0.3) is 0 Å². The molecule has 2 atom stereocenters. The molecule has 2 fully saturated rings. The molecule has 3 heterocycles. The quantitative estimate of drug-likeness (QED) is 0.722. The van der Waals surface area contributed by atoms with Crippen LogP contribution >= 0.6 is 11.6 Å². The molecule has 0 N–H and O–H groups in total. The zero-order valence-corrected chi connectivity index (χ0v) is 17.6. The van der Waals surface area contributed by atoms with E-state index in [9.17, 15) is 13.2 Å². The molecule has 0 radical (unpaired) electrons. The zero-order valence-electron chi connectivity index (χ0n) is 16.0. The number of amides is 1. The predicted molar refractivity (Wildman–Crippen MR) is 110 cm³/mol. The van der Waals surface area contributed by atoms with Gasteiger partial charge in [-0.25, -0.2) is 8.42 Å². The van der Waals surface area contributed by atoms with Crippen molar-refractivity contribution in [3.05, 3.63) is 28.8 Å². The van der Waals surface area contributed by atoms with Crippen LogP contribution < -0.4 is 4.90 Å². The molecule has 0 aliphatic carbocycles. The third kappa shape index (κ3) is 4.47. The van der Waals surface area contributed by atoms with Gasteiger partial charge in [0.05, 0.1) is 24.2 Å². The summed E-state index contributed by atoms with van der Waals surface area (Å²) >= 11 is 6.12. The van der Waals surface area contributed by atoms with E-state index < -0.39 is 9.84 Å². The largest absolute Gasteiger partial charge is 0.376 e. The van der Waals surface area contributed by atoms with Gasteiger partial charge < -0.3 is 14.5 Å². The Morgan fingerprint density at radius 2 is 2.14 bits per heavy atom. The van der Waals surface area contributed by atoms with E-state index in [4.69, 9.17) is 16.3 Å². The molecule has 6 nitrogen and oxygen atoms in total. The van der Waals surface area contributed by atoms with Gasteiger partial charge in [-0.3, -0.25) is 4.79 Å². The third-order valence-electron chi connectivity index (χ3n) is 5.98. The van der Waals surface area contributed by atoms with Crippen LogP contribution in [0.4, 0.5) is 5.69 Å². The van der Waals surface area contributed by atoms with Crippen molar-refractivity contribution in [1.29, 1.82) is 0 Å². The lowest BCUT2D eigenvalue weighted by Crippen LogP contribution is -2.49. The van der Waals surface area contributed by atoms with E-state index in [1.807, 2.05) is 18.2 Å². The number of hydrogen-bond donors (Lipinski definition) is 0. The number of halogens is 1. The van der Waals surface area contributed by atoms with Gasteiger partial charge in [-0.1, -0.05) is 11.6 Å². The van der Waals surface area contributed by atoms with E-state index in [2.05, 4.69) is 4.90 Å². The summed E-state index contributed by atoms with van der Waals surface area (Å²) in [6, 6.07) is 5.57. The number of fused-ring (bicyclic) bond motifs is 1. The molecule has 2 saturated heterocycles. The van der Waals surface area contributed by atoms with Crippen molar-refractivity contribution in [3.8, 4) is 0 Å². The summed E-state index contributed by atoms with van der Waals surface area (Å²) in [6.07, 6.45) is 4.39. The van der Waals surface area contributed by atoms with Crippen LogP contribution in [0.3, 0.4) is 0 Å². The molecule has 1 aromatic carbocycles. The molecule has 3 aliphatic heterocycles. The molecule has 4 rings (SSSR count). The second-order valence-corrected chi connectivity index (χ2v) is 10.7. The van der Waals surface area contributed by atoms with Gasteiger partial charge in [0.15, 0.2) is 9.84 Å². The number of nitrogens with zero attached hydrogens (tertiary/aromatic N) is 2. The highest BCUT2D eigenvalue weighted by atomic mass is 35.5. The summed E-state index contributed by atoms with van der Waals surface area (Å²) in [4.78, 5) is 17.2. The van der Waals surface area contributed by atoms with Gasteiger partial charge in [-0.15, -0.1) is 0 Å². The van der Waals surface area contributed by atoms with Crippen molar-refractivity contribution in [1.82, 2.24) is 4.90 Å². The number of carbonyl (C=O) groups excluding carboxylic acids is 1. The Hall–Kier alpha value is -1.31. The molecule has 3 aliphatic rings. The molecule has 1 aromatic rings. The van der Waals surface area contributed by atoms with Crippen LogP contribution in [0.1, 0.15) is 31.2 Å². The highest BCUT2D eigenvalue weighted by Gasteiger charge is 2.37. The summed E-state index contributed by atoms with van der Waals surface area (Å²) in [5, 5.41) is 0.711. The van der Waals surface area contributed by atoms with Crippen LogP contribution in [0, 0.1) is 0 Å². The van der Waals surface area contributed by atoms with E-state index in [-0.39, 0.29) is 36.1 Å². The lowest BCUT2D eigenvalue weighted by atomic mass is 10.0. The second kappa shape index (κ2) is 8.20. The first kappa shape index (κ1) is 20.0. The van der Waals surface area contributed by atoms with Crippen molar-refractivity contribution in [3.63, 3.8) is 0 Å². The molecule has 8 heteroatoms. The Bertz CT molecular complexity index is 839. The van der Waals surface area contributed by atoms with Gasteiger partial charge in [0.25, 0.3) is 0 Å². The summed E-state index contributed by atoms with van der Waals surface area (Å²) in [5.74, 6) is 0.218. The lowest BCUT2D eigenvalue weighted by molar-refractivity contribution is -0.133. The van der Waals surface area contributed by atoms with Gasteiger partial charge in [0.1, 0.15) is 0 Å². The topological polar surface area (TPSA) is 66.9 Å². The molecular formula is C20H27ClN2O4S. The van der Waals surface area contributed by atoms with Crippen LogP contribution in [-0.2, 0) is 25.8 Å². The fourth-order valence-corrected chi connectivity index (χ4v) is 6.47. The van der Waals surface area contributed by atoms with E-state index in [1.165, 1.54) is 5.56 Å². The molecule has 0 saturated carbocycles. The van der Waals surface area contributed by atoms with Gasteiger partial charge in [0.2, 0.25) is 5.91 Å². The summed E-state index contributed by atoms with van der Waals surface area (Å²) in [7, 11) is -3.06. The smallest absolute Gasteiger partial charge is 0.242 e. The van der Waals surface area contributed by atoms with E-state index >= 15 is 0 Å². The third-order valence-corrected chi connectivity index (χ3v) is 7.96. The summed E-state index contributed by atoms with van der Waals surface area (Å²) < 4.78 is 29.7. The minimum Gasteiger partial charge on any atom is -0.376 e. The SMILES string of the molecule is O=C(CN1CCCc2cc(Cl)ccc21)N(CC1CCCO1)C1CCS(=O)(=O)C1. The number of ether oxygens (including phenoxy) is 1. The van der Waals surface area contributed by atoms with Crippen molar-refractivity contribution >= 4 is 33.0 Å². The number of carbonyl (C=O) groups is 1. The van der Waals surface area contributed by atoms with Crippen molar-refractivity contribution in [2.45, 2.75) is 44.2 Å². The predicted octanol–water partition coefficient (Wildman–Crippen LogP) is 2.29. The maximum atomic E-state index is 13.3. The number of aryl methyl sites for hydroxylation is 1. The first-order valence-electron chi connectivity index (χ1n) is 10.1. The second-order valence-electron chi connectivity index (χ2n) is 8.04. The van der Waals surface area contributed by atoms with Gasteiger partial charge >= 0.3 is 0 Å². The van der Waals surface area contributed by atoms with Crippen LogP contribution in [-0.4, -0.2) is 69.1 Å². The monoisotopic (exact) mass is 426 g/mol. The van der Waals surface area contributed by atoms with E-state index in [1.54, 1.807) is 4.90 Å². The molecule has 154 valence electrons. The molecule has 2 unspecified atom stereocenters. The molecular weight excluding hydrogens is 400 g/mol. The Kier molecular flexibility index (Phi) is 5.86. The Morgan fingerprint density at radius 3 is 2.86 bits per heavy atom. The Balaban J connectivity index is 1.51. The lowest BCUT2D eigenvalue weighted by Gasteiger charge is -2.35. The Morgan fingerprint density at radius 1 is 1.29 bits per heavy atom. The molecule has 1 amide bonds. The molecule has 0 spiro atoms. The number of benzene rings is 1. The average Bonchev–Trinajstić information content (AvgIpc) is 3.28. The normalized spacial score (nSPS) is 26.2. The average molecular weight is 427 g/mol. The zero-order chi connectivity index (χ0) is 19.7. The molecule has 0 aromatic heterocycles. The van der Waals surface area contributed by atoms with Crippen LogP contribution in [0.15, 0.2) is 18.2 Å². The summed E-state index contributed by atoms with van der Waals surface area (Å²) in [6.45, 7) is 2.28. The van der Waals surface area contributed by atoms with Gasteiger partial charge in [-0.05, 0) is 55.9 Å². The Labute approximate surface area is 171 Å². The van der Waals surface area contributed by atoms with Gasteiger partial charge in [-0.2, -0.15) is 0 Å². The van der Waals surface area contributed by atoms with Gasteiger partial charge in [0, 0.05) is 36.4 Å². The minimum atomic E-state index is -3.06. The van der Waals surface area contributed by atoms with Crippen LogP contribution in [0.5, 0.6) is 0 Å². The van der Waals surface area contributed by atoms with Crippen molar-refractivity contribution in [2.24, 2.45) is 0 Å². The fraction of sp³-hybridized carbons (Fsp3) is 0.650. The maximum Gasteiger partial charge on any atom is 0.242 e. The van der Waals surface area contributed by atoms with Crippen molar-refractivity contribution in [2.75, 3.05) is 42.6 Å². The highest BCUT2D eigenvalue weighted by molar-refractivity contribution is 7.91. The highest BCUT2D eigenvalue weighted by Crippen LogP contribution is 2.30. The molecule has 28 heavy (non-hydrogen) atoms. The standard InChI is InChI=1S/C20H27ClN2O4S/c21-16-5-6-19-15(11-16)3-1-8-22(19)13-20(24)23(12-18-4-2-9-27-18)17-7-10-28(25,26)14-17/h5-6,11,17-18H,1-4,7-10,12-14H2. The molecule has 0 bridgehead atoms. The maximum absolute atomic E-state index is 13.3. The number of anilines is 1. The van der Waals surface area contributed by atoms with E-state index in [0.29, 0.717) is 18.0 Å². The van der Waals surface area contributed by atoms with Crippen LogP contribution in [0.2, 0.25) is 5.02 Å². The fourth-order valence-electron chi connectivity index (χ4n) is 4.55. The first-order valence-corrected chi connectivity index (χ1v) is 12.3. The minimum absolute atomic E-state index is 0.0135. The number of sulfone groups is 1. The first-order chi connectivity index (χ1) is 13.4. The van der Waals surface area contributed by atoms with Crippen molar-refractivity contribution < 1.29 is 17.9 Å². The number of rotatable bonds is 5. The number of hydrogen-bond acceptors (Lipinski definition) is 5.